The molecule has 1 heterocycles. The van der Waals surface area contributed by atoms with E-state index < -0.39 is 35.7 Å². The van der Waals surface area contributed by atoms with Gasteiger partial charge in [0.05, 0.1) is 18.5 Å². The number of likely N-dealkylation sites (N-methyl/N-ethyl adjacent to an activating group) is 1. The van der Waals surface area contributed by atoms with E-state index in [1.807, 2.05) is 0 Å². The van der Waals surface area contributed by atoms with E-state index in [1.54, 1.807) is 24.3 Å². The highest BCUT2D eigenvalue weighted by molar-refractivity contribution is 6.00. The summed E-state index contributed by atoms with van der Waals surface area (Å²) >= 11 is 0. The van der Waals surface area contributed by atoms with Crippen LogP contribution in [-0.2, 0) is 19.2 Å². The van der Waals surface area contributed by atoms with Crippen molar-refractivity contribution in [3.8, 4) is 5.75 Å². The van der Waals surface area contributed by atoms with E-state index in [2.05, 4.69) is 16.0 Å². The molecule has 1 fully saturated rings. The number of nitrogens with zero attached hydrogens (tertiary/aromatic N) is 1. The van der Waals surface area contributed by atoms with Gasteiger partial charge in [-0.05, 0) is 37.3 Å². The number of primary amides is 1. The highest BCUT2D eigenvalue weighted by atomic mass is 16.5. The zero-order valence-electron chi connectivity index (χ0n) is 19.2. The molecule has 0 aromatic heterocycles. The van der Waals surface area contributed by atoms with Gasteiger partial charge in [-0.25, -0.2) is 0 Å². The van der Waals surface area contributed by atoms with Crippen molar-refractivity contribution in [2.45, 2.75) is 44.2 Å². The van der Waals surface area contributed by atoms with Crippen LogP contribution in [0.25, 0.3) is 0 Å². The maximum Gasteiger partial charge on any atom is 0.255 e. The van der Waals surface area contributed by atoms with E-state index in [0.717, 1.165) is 12.8 Å². The lowest BCUT2D eigenvalue weighted by molar-refractivity contribution is -0.137. The average molecular weight is 474 g/mol. The molecule has 1 saturated carbocycles. The summed E-state index contributed by atoms with van der Waals surface area (Å²) in [6, 6.07) is 4.48. The fourth-order valence-electron chi connectivity index (χ4n) is 3.59. The van der Waals surface area contributed by atoms with Gasteiger partial charge in [0.25, 0.3) is 5.91 Å². The largest absolute Gasteiger partial charge is 0.491 e. The van der Waals surface area contributed by atoms with E-state index in [0.29, 0.717) is 18.2 Å². The number of carbonyl (C=O) groups is 5. The second kappa shape index (κ2) is 11.5. The first kappa shape index (κ1) is 25.0. The van der Waals surface area contributed by atoms with Crippen molar-refractivity contribution >= 4 is 29.5 Å². The summed E-state index contributed by atoms with van der Waals surface area (Å²) in [6.07, 6.45) is 1.60. The molecule has 1 aliphatic carbocycles. The fraction of sp³-hybridized carbons (Fsp3) is 0.522. The number of carbonyl (C=O) groups excluding carboxylic acids is 5. The Morgan fingerprint density at radius 3 is 2.59 bits per heavy atom. The molecule has 0 saturated heterocycles. The molecule has 34 heavy (non-hydrogen) atoms. The SMILES string of the molecule is CN1CCOc2ccccc2C(=O)N[C@H](C(=O)NCC2CC2)CCC(=O)N[C@@H](CC(N)=O)C1=O. The van der Waals surface area contributed by atoms with E-state index in [4.69, 9.17) is 10.5 Å². The molecule has 184 valence electrons. The Balaban J connectivity index is 1.83. The van der Waals surface area contributed by atoms with Gasteiger partial charge in [-0.2, -0.15) is 0 Å². The molecule has 5 amide bonds. The predicted octanol–water partition coefficient (Wildman–Crippen LogP) is -0.698. The molecule has 2 aliphatic rings. The van der Waals surface area contributed by atoms with Crippen LogP contribution in [0.5, 0.6) is 5.75 Å². The molecular formula is C23H31N5O6. The van der Waals surface area contributed by atoms with Gasteiger partial charge in [0.15, 0.2) is 0 Å². The van der Waals surface area contributed by atoms with Crippen LogP contribution in [0, 0.1) is 5.92 Å². The molecule has 5 N–H and O–H groups in total. The van der Waals surface area contributed by atoms with Gasteiger partial charge in [0.1, 0.15) is 24.4 Å². The fourth-order valence-corrected chi connectivity index (χ4v) is 3.59. The Kier molecular flexibility index (Phi) is 8.44. The second-order valence-corrected chi connectivity index (χ2v) is 8.65. The summed E-state index contributed by atoms with van der Waals surface area (Å²) in [5.74, 6) is -1.92. The number of ether oxygens (including phenoxy) is 1. The molecule has 11 heteroatoms. The van der Waals surface area contributed by atoms with E-state index in [9.17, 15) is 24.0 Å². The molecule has 0 bridgehead atoms. The lowest BCUT2D eigenvalue weighted by atomic mass is 10.1. The minimum Gasteiger partial charge on any atom is -0.491 e. The molecule has 11 nitrogen and oxygen atoms in total. The Labute approximate surface area is 197 Å². The second-order valence-electron chi connectivity index (χ2n) is 8.65. The van der Waals surface area contributed by atoms with Crippen molar-refractivity contribution in [2.75, 3.05) is 26.7 Å². The number of amides is 5. The standard InChI is InChI=1S/C23H31N5O6/c1-28-10-11-34-18-5-3-2-4-15(18)21(31)27-16(22(32)25-13-14-6-7-14)8-9-20(30)26-17(23(28)33)12-19(24)29/h2-5,14,16-17H,6-13H2,1H3,(H2,24,29)(H,25,32)(H,26,30)(H,27,31)/t16-,17-/m0/s1. The number of benzene rings is 1. The molecular weight excluding hydrogens is 442 g/mol. The van der Waals surface area contributed by atoms with E-state index >= 15 is 0 Å². The highest BCUT2D eigenvalue weighted by Crippen LogP contribution is 2.27. The van der Waals surface area contributed by atoms with Crippen molar-refractivity contribution in [3.05, 3.63) is 29.8 Å². The van der Waals surface area contributed by atoms with Crippen LogP contribution in [0.15, 0.2) is 24.3 Å². The van der Waals surface area contributed by atoms with Crippen LogP contribution < -0.4 is 26.4 Å². The van der Waals surface area contributed by atoms with Gasteiger partial charge in [-0.15, -0.1) is 0 Å². The molecule has 0 spiro atoms. The zero-order chi connectivity index (χ0) is 24.7. The number of nitrogens with one attached hydrogen (secondary N) is 3. The summed E-state index contributed by atoms with van der Waals surface area (Å²) in [7, 11) is 1.52. The van der Waals surface area contributed by atoms with Crippen LogP contribution in [0.2, 0.25) is 0 Å². The van der Waals surface area contributed by atoms with Gasteiger partial charge < -0.3 is 31.3 Å². The smallest absolute Gasteiger partial charge is 0.255 e. The molecule has 1 aromatic carbocycles. The van der Waals surface area contributed by atoms with Gasteiger partial charge in [-0.1, -0.05) is 12.1 Å². The summed E-state index contributed by atoms with van der Waals surface area (Å²) in [5.41, 5.74) is 5.50. The lowest BCUT2D eigenvalue weighted by Gasteiger charge is -2.24. The first-order valence-electron chi connectivity index (χ1n) is 11.4. The molecule has 1 aliphatic heterocycles. The average Bonchev–Trinajstić information content (AvgIpc) is 3.63. The van der Waals surface area contributed by atoms with Crippen molar-refractivity contribution in [3.63, 3.8) is 0 Å². The monoisotopic (exact) mass is 473 g/mol. The summed E-state index contributed by atoms with van der Waals surface area (Å²) in [6.45, 7) is 0.722. The third kappa shape index (κ3) is 7.19. The Bertz CT molecular complexity index is 948. The number of hydrogen-bond donors (Lipinski definition) is 4. The number of fused-ring (bicyclic) bond motifs is 1. The molecule has 2 atom stereocenters. The van der Waals surface area contributed by atoms with Crippen molar-refractivity contribution in [1.82, 2.24) is 20.9 Å². The van der Waals surface area contributed by atoms with Gasteiger partial charge >= 0.3 is 0 Å². The molecule has 0 unspecified atom stereocenters. The van der Waals surface area contributed by atoms with Gasteiger partial charge in [0.2, 0.25) is 23.6 Å². The maximum atomic E-state index is 13.0. The molecule has 3 rings (SSSR count). The Hall–Kier alpha value is -3.63. The predicted molar refractivity (Wildman–Crippen MR) is 122 cm³/mol. The van der Waals surface area contributed by atoms with Crippen molar-refractivity contribution < 1.29 is 28.7 Å². The lowest BCUT2D eigenvalue weighted by Crippen LogP contribution is -2.50. The Morgan fingerprint density at radius 1 is 1.15 bits per heavy atom. The van der Waals surface area contributed by atoms with Crippen LogP contribution in [0.3, 0.4) is 0 Å². The molecule has 1 aromatic rings. The topological polar surface area (TPSA) is 160 Å². The van der Waals surface area contributed by atoms with E-state index in [-0.39, 0.29) is 43.9 Å². The maximum absolute atomic E-state index is 13.0. The van der Waals surface area contributed by atoms with Crippen LogP contribution in [0.1, 0.15) is 42.5 Å². The van der Waals surface area contributed by atoms with Crippen molar-refractivity contribution in [1.29, 1.82) is 0 Å². The van der Waals surface area contributed by atoms with E-state index in [1.165, 1.54) is 11.9 Å². The van der Waals surface area contributed by atoms with Crippen LogP contribution >= 0.6 is 0 Å². The van der Waals surface area contributed by atoms with Gasteiger partial charge in [0, 0.05) is 20.0 Å². The first-order valence-corrected chi connectivity index (χ1v) is 11.4. The number of nitrogens with two attached hydrogens (primary N) is 1. The van der Waals surface area contributed by atoms with Crippen LogP contribution in [0.4, 0.5) is 0 Å². The minimum atomic E-state index is -1.14. The number of hydrogen-bond acceptors (Lipinski definition) is 6. The van der Waals surface area contributed by atoms with Crippen LogP contribution in [-0.4, -0.2) is 73.3 Å². The number of rotatable bonds is 5. The third-order valence-electron chi connectivity index (χ3n) is 5.77. The summed E-state index contributed by atoms with van der Waals surface area (Å²) < 4.78 is 5.74. The summed E-state index contributed by atoms with van der Waals surface area (Å²) in [5, 5.41) is 8.06. The number of para-hydroxylation sites is 1. The first-order chi connectivity index (χ1) is 16.2. The Morgan fingerprint density at radius 2 is 1.88 bits per heavy atom. The third-order valence-corrected chi connectivity index (χ3v) is 5.77. The normalized spacial score (nSPS) is 22.3. The minimum absolute atomic E-state index is 0.00438. The van der Waals surface area contributed by atoms with Gasteiger partial charge in [-0.3, -0.25) is 24.0 Å². The zero-order valence-corrected chi connectivity index (χ0v) is 19.2. The quantitative estimate of drug-likeness (QED) is 0.442. The summed E-state index contributed by atoms with van der Waals surface area (Å²) in [4.78, 5) is 64.0. The van der Waals surface area contributed by atoms with Crippen molar-refractivity contribution in [2.24, 2.45) is 11.7 Å². The highest BCUT2D eigenvalue weighted by Gasteiger charge is 2.29. The molecule has 0 radical (unpaired) electrons.